The molecule has 0 bridgehead atoms. The largest absolute Gasteiger partial charge is 0.477 e. The molecule has 12 heteroatoms. The van der Waals surface area contributed by atoms with Crippen LogP contribution >= 0.6 is 0 Å². The molecule has 2 aromatic rings. The van der Waals surface area contributed by atoms with Crippen molar-refractivity contribution in [2.75, 3.05) is 6.54 Å². The standard InChI is InChI=1S/C32H39F2N3O7/c1-8-22-24(28(39)40)27(38)19-16-20(33)25(34)18(26(19)37(22)17-12-13-17)10-9-11-23-21(35-29(41)43-31(2,3)4)14-15-36(23)30(42)44-32(5,6)7/h16-17,21,23H,8,11-15H2,1-7H3,(H,35,41)(H,39,40)/t21-,23-/m1/s1. The molecule has 1 aliphatic heterocycles. The van der Waals surface area contributed by atoms with E-state index in [-0.39, 0.29) is 47.6 Å². The van der Waals surface area contributed by atoms with Gasteiger partial charge >= 0.3 is 18.2 Å². The fourth-order valence-corrected chi connectivity index (χ4v) is 5.50. The predicted molar refractivity (Wildman–Crippen MR) is 159 cm³/mol. The van der Waals surface area contributed by atoms with Crippen LogP contribution < -0.4 is 10.7 Å². The highest BCUT2D eigenvalue weighted by Crippen LogP contribution is 2.40. The first-order chi connectivity index (χ1) is 20.4. The average molecular weight is 616 g/mol. The second-order valence-electron chi connectivity index (χ2n) is 13.1. The Morgan fingerprint density at radius 3 is 2.25 bits per heavy atom. The molecule has 1 saturated heterocycles. The maximum Gasteiger partial charge on any atom is 0.410 e. The minimum atomic E-state index is -1.44. The lowest BCUT2D eigenvalue weighted by Crippen LogP contribution is -2.48. The van der Waals surface area contributed by atoms with Crippen LogP contribution in [-0.4, -0.2) is 62.6 Å². The summed E-state index contributed by atoms with van der Waals surface area (Å²) in [5.41, 5.74) is -3.01. The molecule has 1 aliphatic carbocycles. The van der Waals surface area contributed by atoms with E-state index in [0.717, 1.165) is 6.07 Å². The van der Waals surface area contributed by atoms with Gasteiger partial charge in [0.25, 0.3) is 0 Å². The molecule has 238 valence electrons. The van der Waals surface area contributed by atoms with Gasteiger partial charge in [-0.25, -0.2) is 23.2 Å². The maximum absolute atomic E-state index is 15.5. The molecule has 2 N–H and O–H groups in total. The Hall–Kier alpha value is -4.14. The number of halogens is 2. The normalized spacial score (nSPS) is 18.5. The molecule has 4 rings (SSSR count). The molecule has 0 unspecified atom stereocenters. The third-order valence-electron chi connectivity index (χ3n) is 7.35. The van der Waals surface area contributed by atoms with Gasteiger partial charge in [-0.05, 0) is 73.3 Å². The Morgan fingerprint density at radius 2 is 1.70 bits per heavy atom. The van der Waals surface area contributed by atoms with Gasteiger partial charge in [-0.1, -0.05) is 18.8 Å². The van der Waals surface area contributed by atoms with E-state index in [0.29, 0.717) is 19.3 Å². The van der Waals surface area contributed by atoms with Gasteiger partial charge in [0.2, 0.25) is 5.43 Å². The Morgan fingerprint density at radius 1 is 1.07 bits per heavy atom. The molecule has 44 heavy (non-hydrogen) atoms. The third kappa shape index (κ3) is 6.98. The molecule has 0 spiro atoms. The van der Waals surface area contributed by atoms with Crippen LogP contribution in [0.15, 0.2) is 10.9 Å². The number of nitrogens with zero attached hydrogens (tertiary/aromatic N) is 2. The van der Waals surface area contributed by atoms with Crippen LogP contribution in [0, 0.1) is 23.5 Å². The summed E-state index contributed by atoms with van der Waals surface area (Å²) in [7, 11) is 0. The first kappa shape index (κ1) is 32.8. The fraction of sp³-hybridized carbons (Fsp3) is 0.562. The van der Waals surface area contributed by atoms with Crippen molar-refractivity contribution >= 4 is 29.1 Å². The first-order valence-electron chi connectivity index (χ1n) is 14.7. The van der Waals surface area contributed by atoms with Crippen molar-refractivity contribution in [3.63, 3.8) is 0 Å². The lowest BCUT2D eigenvalue weighted by Gasteiger charge is -2.30. The number of rotatable bonds is 5. The number of benzene rings is 1. The summed E-state index contributed by atoms with van der Waals surface area (Å²) in [5, 5.41) is 12.3. The van der Waals surface area contributed by atoms with Crippen LogP contribution in [0.2, 0.25) is 0 Å². The van der Waals surface area contributed by atoms with Crippen molar-refractivity contribution in [2.24, 2.45) is 0 Å². The minimum Gasteiger partial charge on any atom is -0.477 e. The van der Waals surface area contributed by atoms with E-state index in [9.17, 15) is 28.7 Å². The van der Waals surface area contributed by atoms with Gasteiger partial charge in [-0.3, -0.25) is 4.79 Å². The highest BCUT2D eigenvalue weighted by atomic mass is 19.2. The Balaban J connectivity index is 1.80. The van der Waals surface area contributed by atoms with Gasteiger partial charge in [-0.15, -0.1) is 0 Å². The number of likely N-dealkylation sites (tertiary alicyclic amines) is 1. The third-order valence-corrected chi connectivity index (χ3v) is 7.35. The molecule has 2 aliphatic rings. The van der Waals surface area contributed by atoms with E-state index in [1.54, 1.807) is 53.0 Å². The first-order valence-corrected chi connectivity index (χ1v) is 14.7. The van der Waals surface area contributed by atoms with Gasteiger partial charge in [-0.2, -0.15) is 0 Å². The second-order valence-corrected chi connectivity index (χ2v) is 13.1. The molecule has 1 saturated carbocycles. The van der Waals surface area contributed by atoms with Crippen molar-refractivity contribution in [1.29, 1.82) is 0 Å². The molecular formula is C32H39F2N3O7. The zero-order valence-electron chi connectivity index (χ0n) is 26.1. The number of amides is 2. The smallest absolute Gasteiger partial charge is 0.410 e. The molecule has 10 nitrogen and oxygen atoms in total. The molecule has 2 heterocycles. The summed E-state index contributed by atoms with van der Waals surface area (Å²) in [6.07, 6.45) is 0.571. The quantitative estimate of drug-likeness (QED) is 0.424. The molecular weight excluding hydrogens is 576 g/mol. The van der Waals surface area contributed by atoms with Gasteiger partial charge < -0.3 is 29.4 Å². The topological polar surface area (TPSA) is 127 Å². The van der Waals surface area contributed by atoms with Crippen LogP contribution in [0.25, 0.3) is 10.9 Å². The highest BCUT2D eigenvalue weighted by Gasteiger charge is 2.40. The van der Waals surface area contributed by atoms with Crippen LogP contribution in [-0.2, 0) is 15.9 Å². The molecule has 1 aromatic carbocycles. The fourth-order valence-electron chi connectivity index (χ4n) is 5.50. The van der Waals surface area contributed by atoms with Gasteiger partial charge in [0.15, 0.2) is 11.6 Å². The van der Waals surface area contributed by atoms with Gasteiger partial charge in [0.05, 0.1) is 28.6 Å². The van der Waals surface area contributed by atoms with E-state index in [4.69, 9.17) is 9.47 Å². The zero-order valence-corrected chi connectivity index (χ0v) is 26.1. The summed E-state index contributed by atoms with van der Waals surface area (Å²) < 4.78 is 42.9. The van der Waals surface area contributed by atoms with Crippen LogP contribution in [0.5, 0.6) is 0 Å². The van der Waals surface area contributed by atoms with Crippen LogP contribution in [0.1, 0.15) is 102 Å². The number of pyridine rings is 1. The number of alkyl carbamates (subject to hydrolysis) is 1. The van der Waals surface area contributed by atoms with E-state index in [1.165, 1.54) is 4.90 Å². The summed E-state index contributed by atoms with van der Waals surface area (Å²) >= 11 is 0. The molecule has 2 fully saturated rings. The van der Waals surface area contributed by atoms with Crippen molar-refractivity contribution in [2.45, 2.75) is 110 Å². The number of aromatic carboxylic acids is 1. The van der Waals surface area contributed by atoms with Crippen molar-refractivity contribution in [3.8, 4) is 11.8 Å². The van der Waals surface area contributed by atoms with Crippen LogP contribution in [0.3, 0.4) is 0 Å². The average Bonchev–Trinajstić information content (AvgIpc) is 3.65. The van der Waals surface area contributed by atoms with E-state index < -0.39 is 64.1 Å². The zero-order chi connectivity index (χ0) is 32.7. The van der Waals surface area contributed by atoms with Gasteiger partial charge in [0, 0.05) is 24.7 Å². The number of carboxylic acid groups (broad SMARTS) is 1. The van der Waals surface area contributed by atoms with E-state index in [2.05, 4.69) is 17.2 Å². The summed E-state index contributed by atoms with van der Waals surface area (Å²) in [6.45, 7) is 12.3. The van der Waals surface area contributed by atoms with Gasteiger partial charge in [0.1, 0.15) is 16.8 Å². The van der Waals surface area contributed by atoms with Crippen molar-refractivity contribution < 1.29 is 37.7 Å². The van der Waals surface area contributed by atoms with Crippen molar-refractivity contribution in [1.82, 2.24) is 14.8 Å². The Labute approximate surface area is 254 Å². The lowest BCUT2D eigenvalue weighted by atomic mass is 10.0. The number of fused-ring (bicyclic) bond motifs is 1. The van der Waals surface area contributed by atoms with Crippen molar-refractivity contribution in [3.05, 3.63) is 44.7 Å². The number of carboxylic acids is 1. The number of aromatic nitrogens is 1. The predicted octanol–water partition coefficient (Wildman–Crippen LogP) is 5.52. The Bertz CT molecular complexity index is 1620. The molecule has 0 radical (unpaired) electrons. The number of hydrogen-bond donors (Lipinski definition) is 2. The molecule has 1 aromatic heterocycles. The number of hydrogen-bond acceptors (Lipinski definition) is 6. The number of carbonyl (C=O) groups is 3. The monoisotopic (exact) mass is 615 g/mol. The summed E-state index contributed by atoms with van der Waals surface area (Å²) in [4.78, 5) is 52.5. The second kappa shape index (κ2) is 12.1. The lowest BCUT2D eigenvalue weighted by molar-refractivity contribution is 0.0206. The molecule has 2 amide bonds. The Kier molecular flexibility index (Phi) is 9.01. The van der Waals surface area contributed by atoms with E-state index in [1.807, 2.05) is 0 Å². The number of nitrogens with one attached hydrogen (secondary N) is 1. The highest BCUT2D eigenvalue weighted by molar-refractivity contribution is 5.96. The summed E-state index contributed by atoms with van der Waals surface area (Å²) in [5.74, 6) is 1.52. The summed E-state index contributed by atoms with van der Waals surface area (Å²) in [6, 6.07) is -0.722. The van der Waals surface area contributed by atoms with E-state index >= 15 is 4.39 Å². The number of ether oxygens (including phenoxy) is 2. The minimum absolute atomic E-state index is 0.0459. The number of carbonyl (C=O) groups excluding carboxylic acids is 2. The maximum atomic E-state index is 15.5. The molecule has 2 atom stereocenters. The SMILES string of the molecule is CCc1c(C(=O)O)c(=O)c2cc(F)c(F)c(C#CC[C@@H]3[C@H](NC(=O)OC(C)(C)C)CCN3C(=O)OC(C)(C)C)c2n1C1CC1. The van der Waals surface area contributed by atoms with Crippen LogP contribution in [0.4, 0.5) is 18.4 Å².